The van der Waals surface area contributed by atoms with Crippen molar-refractivity contribution in [3.05, 3.63) is 0 Å². The standard InChI is InChI=1S/C10H13NO4/c1-3-4-9(12)11-5-6-15-7-8(11)10(13)14-2/h8H,5-7H2,1-2H3. The molecule has 5 heteroatoms. The smallest absolute Gasteiger partial charge is 0.331 e. The number of morpholine rings is 1. The van der Waals surface area contributed by atoms with E-state index >= 15 is 0 Å². The molecular weight excluding hydrogens is 198 g/mol. The van der Waals surface area contributed by atoms with E-state index in [0.29, 0.717) is 13.2 Å². The van der Waals surface area contributed by atoms with Crippen LogP contribution in [0.1, 0.15) is 6.92 Å². The van der Waals surface area contributed by atoms with Crippen LogP contribution in [0.25, 0.3) is 0 Å². The molecule has 1 rings (SSSR count). The average Bonchev–Trinajstić information content (AvgIpc) is 2.28. The maximum atomic E-state index is 11.5. The van der Waals surface area contributed by atoms with Crippen LogP contribution in [-0.2, 0) is 19.1 Å². The summed E-state index contributed by atoms with van der Waals surface area (Å²) in [7, 11) is 1.28. The van der Waals surface area contributed by atoms with Crippen LogP contribution in [0.2, 0.25) is 0 Å². The molecule has 1 atom stereocenters. The summed E-state index contributed by atoms with van der Waals surface area (Å²) in [6.45, 7) is 2.53. The molecule has 0 radical (unpaired) electrons. The van der Waals surface area contributed by atoms with E-state index in [0.717, 1.165) is 0 Å². The number of hydrogen-bond donors (Lipinski definition) is 0. The third kappa shape index (κ3) is 2.70. The highest BCUT2D eigenvalue weighted by Gasteiger charge is 2.32. The normalized spacial score (nSPS) is 20.1. The quantitative estimate of drug-likeness (QED) is 0.429. The van der Waals surface area contributed by atoms with Crippen LogP contribution in [-0.4, -0.2) is 49.7 Å². The lowest BCUT2D eigenvalue weighted by molar-refractivity contribution is -0.158. The molecule has 0 aromatic heterocycles. The molecule has 0 spiro atoms. The summed E-state index contributed by atoms with van der Waals surface area (Å²) in [6.07, 6.45) is 0. The first-order valence-corrected chi connectivity index (χ1v) is 4.59. The molecule has 82 valence electrons. The number of amides is 1. The minimum Gasteiger partial charge on any atom is -0.467 e. The molecule has 1 saturated heterocycles. The predicted molar refractivity (Wildman–Crippen MR) is 51.8 cm³/mol. The second-order valence-electron chi connectivity index (χ2n) is 2.99. The van der Waals surface area contributed by atoms with Gasteiger partial charge in [-0.15, -0.1) is 0 Å². The Hall–Kier alpha value is -1.54. The van der Waals surface area contributed by atoms with E-state index in [-0.39, 0.29) is 12.5 Å². The Labute approximate surface area is 88.3 Å². The lowest BCUT2D eigenvalue weighted by atomic mass is 10.2. The van der Waals surface area contributed by atoms with Crippen LogP contribution in [0, 0.1) is 11.8 Å². The molecule has 0 aromatic carbocycles. The second kappa shape index (κ2) is 5.37. The van der Waals surface area contributed by atoms with Gasteiger partial charge in [0.2, 0.25) is 0 Å². The van der Waals surface area contributed by atoms with Crippen molar-refractivity contribution in [1.82, 2.24) is 4.90 Å². The van der Waals surface area contributed by atoms with E-state index in [9.17, 15) is 9.59 Å². The van der Waals surface area contributed by atoms with Gasteiger partial charge in [0.1, 0.15) is 0 Å². The highest BCUT2D eigenvalue weighted by molar-refractivity contribution is 5.96. The summed E-state index contributed by atoms with van der Waals surface area (Å²) in [5.74, 6) is 4.07. The van der Waals surface area contributed by atoms with Gasteiger partial charge in [-0.05, 0) is 12.8 Å². The van der Waals surface area contributed by atoms with Gasteiger partial charge >= 0.3 is 5.97 Å². The summed E-state index contributed by atoms with van der Waals surface area (Å²) < 4.78 is 9.71. The van der Waals surface area contributed by atoms with Crippen molar-refractivity contribution >= 4 is 11.9 Å². The molecule has 1 aliphatic rings. The summed E-state index contributed by atoms with van der Waals surface area (Å²) in [4.78, 5) is 24.2. The maximum Gasteiger partial charge on any atom is 0.331 e. The first kappa shape index (κ1) is 11.5. The van der Waals surface area contributed by atoms with Crippen molar-refractivity contribution in [2.24, 2.45) is 0 Å². The molecular formula is C10H13NO4. The number of carbonyl (C=O) groups is 2. The largest absolute Gasteiger partial charge is 0.467 e. The van der Waals surface area contributed by atoms with Crippen LogP contribution in [0.15, 0.2) is 0 Å². The van der Waals surface area contributed by atoms with E-state index in [1.54, 1.807) is 6.92 Å². The van der Waals surface area contributed by atoms with Crippen LogP contribution in [0.5, 0.6) is 0 Å². The molecule has 1 fully saturated rings. The first-order chi connectivity index (χ1) is 7.20. The summed E-state index contributed by atoms with van der Waals surface area (Å²) in [5.41, 5.74) is 0. The lowest BCUT2D eigenvalue weighted by Gasteiger charge is -2.32. The topological polar surface area (TPSA) is 55.8 Å². The number of hydrogen-bond acceptors (Lipinski definition) is 4. The fourth-order valence-electron chi connectivity index (χ4n) is 1.36. The lowest BCUT2D eigenvalue weighted by Crippen LogP contribution is -2.52. The van der Waals surface area contributed by atoms with Crippen LogP contribution >= 0.6 is 0 Å². The van der Waals surface area contributed by atoms with Crippen LogP contribution in [0.4, 0.5) is 0 Å². The Bertz CT molecular complexity index is 315. The molecule has 1 amide bonds. The van der Waals surface area contributed by atoms with Gasteiger partial charge in [0.15, 0.2) is 6.04 Å². The van der Waals surface area contributed by atoms with Crippen molar-refractivity contribution < 1.29 is 19.1 Å². The van der Waals surface area contributed by atoms with Crippen molar-refractivity contribution in [1.29, 1.82) is 0 Å². The Morgan fingerprint density at radius 2 is 2.27 bits per heavy atom. The fourth-order valence-corrected chi connectivity index (χ4v) is 1.36. The molecule has 5 nitrogen and oxygen atoms in total. The number of esters is 1. The number of rotatable bonds is 1. The highest BCUT2D eigenvalue weighted by Crippen LogP contribution is 2.08. The van der Waals surface area contributed by atoms with E-state index < -0.39 is 12.0 Å². The van der Waals surface area contributed by atoms with Gasteiger partial charge in [-0.1, -0.05) is 5.92 Å². The van der Waals surface area contributed by atoms with Crippen molar-refractivity contribution in [3.63, 3.8) is 0 Å². The fraction of sp³-hybridized carbons (Fsp3) is 0.600. The van der Waals surface area contributed by atoms with E-state index in [4.69, 9.17) is 4.74 Å². The number of carbonyl (C=O) groups excluding carboxylic acids is 2. The van der Waals surface area contributed by atoms with Crippen molar-refractivity contribution in [3.8, 4) is 11.8 Å². The number of methoxy groups -OCH3 is 1. The molecule has 1 heterocycles. The molecule has 15 heavy (non-hydrogen) atoms. The molecule has 0 N–H and O–H groups in total. The average molecular weight is 211 g/mol. The van der Waals surface area contributed by atoms with Gasteiger partial charge in [0.05, 0.1) is 20.3 Å². The van der Waals surface area contributed by atoms with E-state index in [1.165, 1.54) is 12.0 Å². The third-order valence-electron chi connectivity index (χ3n) is 2.09. The third-order valence-corrected chi connectivity index (χ3v) is 2.09. The number of ether oxygens (including phenoxy) is 2. The van der Waals surface area contributed by atoms with Gasteiger partial charge in [-0.3, -0.25) is 4.79 Å². The zero-order valence-corrected chi connectivity index (χ0v) is 8.78. The highest BCUT2D eigenvalue weighted by atomic mass is 16.5. The van der Waals surface area contributed by atoms with Gasteiger partial charge in [0.25, 0.3) is 5.91 Å². The SMILES string of the molecule is CC#CC(=O)N1CCOCC1C(=O)OC. The van der Waals surface area contributed by atoms with Gasteiger partial charge in [0, 0.05) is 6.54 Å². The van der Waals surface area contributed by atoms with Gasteiger partial charge in [-0.25, -0.2) is 4.79 Å². The van der Waals surface area contributed by atoms with Gasteiger partial charge in [-0.2, -0.15) is 0 Å². The summed E-state index contributed by atoms with van der Waals surface area (Å²) in [5, 5.41) is 0. The Morgan fingerprint density at radius 1 is 1.53 bits per heavy atom. The number of nitrogens with zero attached hydrogens (tertiary/aromatic N) is 1. The molecule has 0 bridgehead atoms. The predicted octanol–water partition coefficient (Wildman–Crippen LogP) is -0.590. The molecule has 0 saturated carbocycles. The maximum absolute atomic E-state index is 11.5. The van der Waals surface area contributed by atoms with E-state index in [2.05, 4.69) is 16.6 Å². The van der Waals surface area contributed by atoms with E-state index in [1.807, 2.05) is 0 Å². The Balaban J connectivity index is 2.76. The monoisotopic (exact) mass is 211 g/mol. The van der Waals surface area contributed by atoms with Crippen molar-refractivity contribution in [2.75, 3.05) is 26.9 Å². The Morgan fingerprint density at radius 3 is 2.87 bits per heavy atom. The second-order valence-corrected chi connectivity index (χ2v) is 2.99. The Kier molecular flexibility index (Phi) is 4.13. The molecule has 0 aromatic rings. The molecule has 1 aliphatic heterocycles. The minimum atomic E-state index is -0.669. The molecule has 1 unspecified atom stereocenters. The minimum absolute atomic E-state index is 0.170. The van der Waals surface area contributed by atoms with Crippen LogP contribution in [0.3, 0.4) is 0 Å². The zero-order valence-electron chi connectivity index (χ0n) is 8.78. The summed E-state index contributed by atoms with van der Waals surface area (Å²) in [6, 6.07) is -0.669. The molecule has 0 aliphatic carbocycles. The van der Waals surface area contributed by atoms with Gasteiger partial charge < -0.3 is 14.4 Å². The summed E-state index contributed by atoms with van der Waals surface area (Å²) >= 11 is 0. The first-order valence-electron chi connectivity index (χ1n) is 4.59. The zero-order chi connectivity index (χ0) is 11.3. The van der Waals surface area contributed by atoms with Crippen LogP contribution < -0.4 is 0 Å². The van der Waals surface area contributed by atoms with Crippen molar-refractivity contribution in [2.45, 2.75) is 13.0 Å².